The van der Waals surface area contributed by atoms with Gasteiger partial charge in [0.2, 0.25) is 0 Å². The van der Waals surface area contributed by atoms with Gasteiger partial charge in [0, 0.05) is 66.7 Å². The summed E-state index contributed by atoms with van der Waals surface area (Å²) in [6.07, 6.45) is 7.14. The maximum absolute atomic E-state index is 12.5. The van der Waals surface area contributed by atoms with Crippen LogP contribution in [-0.2, 0) is 0 Å². The summed E-state index contributed by atoms with van der Waals surface area (Å²) in [5.74, 6) is 0.386. The molecule has 30 heavy (non-hydrogen) atoms. The number of amidine groups is 1. The molecule has 5 N–H and O–H groups in total. The topological polar surface area (TPSA) is 122 Å². The molecule has 0 aliphatic carbocycles. The molecule has 8 nitrogen and oxygen atoms in total. The minimum atomic E-state index is -0.467. The smallest absolute Gasteiger partial charge is 0.347 e. The fourth-order valence-corrected chi connectivity index (χ4v) is 3.69. The van der Waals surface area contributed by atoms with Crippen LogP contribution in [0.15, 0.2) is 57.9 Å². The molecule has 2 heterocycles. The number of urea groups is 1. The zero-order valence-corrected chi connectivity index (χ0v) is 17.5. The Hall–Kier alpha value is -3.26. The molecule has 0 radical (unpaired) electrons. The van der Waals surface area contributed by atoms with Gasteiger partial charge in [0.05, 0.1) is 5.69 Å². The highest BCUT2D eigenvalue weighted by Gasteiger charge is 2.24. The van der Waals surface area contributed by atoms with E-state index in [4.69, 9.17) is 11.5 Å². The van der Waals surface area contributed by atoms with Crippen molar-refractivity contribution in [3.8, 4) is 0 Å². The molecule has 158 valence electrons. The third-order valence-electron chi connectivity index (χ3n) is 5.26. The van der Waals surface area contributed by atoms with E-state index in [0.717, 1.165) is 48.0 Å². The first-order valence-electron chi connectivity index (χ1n) is 10.1. The molecule has 2 aromatic rings. The number of hydrogen-bond donors (Lipinski definition) is 3. The molecule has 0 spiro atoms. The van der Waals surface area contributed by atoms with Gasteiger partial charge in [-0.15, -0.1) is 0 Å². The second kappa shape index (κ2) is 9.98. The molecule has 1 atom stereocenters. The van der Waals surface area contributed by atoms with Crippen LogP contribution in [0, 0.1) is 5.92 Å². The van der Waals surface area contributed by atoms with E-state index >= 15 is 0 Å². The normalized spacial score (nSPS) is 19.1. The van der Waals surface area contributed by atoms with E-state index in [1.807, 2.05) is 31.2 Å². The Morgan fingerprint density at radius 1 is 1.37 bits per heavy atom. The minimum absolute atomic E-state index is 0.0270. The van der Waals surface area contributed by atoms with E-state index in [2.05, 4.69) is 25.2 Å². The fraction of sp³-hybridized carbons (Fsp3) is 0.364. The van der Waals surface area contributed by atoms with Crippen LogP contribution in [0.25, 0.3) is 10.8 Å². The average molecular weight is 408 g/mol. The molecular formula is C22H29N7O. The number of allylic oxidation sites excluding steroid dienone is 1. The first-order chi connectivity index (χ1) is 14.5. The average Bonchev–Trinajstić information content (AvgIpc) is 2.74. The predicted molar refractivity (Wildman–Crippen MR) is 123 cm³/mol. The predicted octanol–water partition coefficient (Wildman–Crippen LogP) is 2.77. The highest BCUT2D eigenvalue weighted by atomic mass is 16.2. The van der Waals surface area contributed by atoms with Gasteiger partial charge in [-0.25, -0.2) is 4.79 Å². The van der Waals surface area contributed by atoms with Gasteiger partial charge in [0.15, 0.2) is 0 Å². The zero-order valence-electron chi connectivity index (χ0n) is 17.5. The number of nitrogens with zero attached hydrogens (tertiary/aromatic N) is 4. The monoisotopic (exact) mass is 407 g/mol. The molecule has 3 rings (SSSR count). The Labute approximate surface area is 176 Å². The van der Waals surface area contributed by atoms with Crippen LogP contribution in [0.5, 0.6) is 0 Å². The third kappa shape index (κ3) is 5.42. The molecule has 8 heteroatoms. The first kappa shape index (κ1) is 21.4. The molecule has 0 bridgehead atoms. The number of anilines is 1. The molecule has 1 unspecified atom stereocenters. The Balaban J connectivity index is 1.67. The van der Waals surface area contributed by atoms with Crippen molar-refractivity contribution in [3.05, 3.63) is 47.9 Å². The number of aromatic nitrogens is 1. The largest absolute Gasteiger partial charge is 0.402 e. The van der Waals surface area contributed by atoms with Gasteiger partial charge >= 0.3 is 6.03 Å². The third-order valence-corrected chi connectivity index (χ3v) is 5.26. The number of benzene rings is 1. The maximum Gasteiger partial charge on any atom is 0.347 e. The Bertz CT molecular complexity index is 987. The number of nitrogens with two attached hydrogens (primary N) is 2. The number of nitrogens with one attached hydrogen (secondary N) is 1. The van der Waals surface area contributed by atoms with Crippen LogP contribution in [0.3, 0.4) is 0 Å². The summed E-state index contributed by atoms with van der Waals surface area (Å²) < 4.78 is 0. The van der Waals surface area contributed by atoms with Crippen molar-refractivity contribution in [2.45, 2.75) is 19.8 Å². The number of likely N-dealkylation sites (tertiary alicyclic amines) is 1. The lowest BCUT2D eigenvalue weighted by Gasteiger charge is -2.32. The maximum atomic E-state index is 12.5. The van der Waals surface area contributed by atoms with Crippen molar-refractivity contribution in [2.75, 3.05) is 32.0 Å². The number of rotatable bonds is 5. The van der Waals surface area contributed by atoms with E-state index in [-0.39, 0.29) is 5.92 Å². The number of piperidine rings is 1. The quantitative estimate of drug-likeness (QED) is 0.520. The summed E-state index contributed by atoms with van der Waals surface area (Å²) in [5.41, 5.74) is 14.6. The second-order valence-electron chi connectivity index (χ2n) is 7.54. The number of hydrogen-bond acceptors (Lipinski definition) is 5. The fourth-order valence-electron chi connectivity index (χ4n) is 3.69. The first-order valence-corrected chi connectivity index (χ1v) is 10.1. The number of aliphatic imine (C=N–C) groups is 2. The van der Waals surface area contributed by atoms with Gasteiger partial charge in [0.1, 0.15) is 5.84 Å². The van der Waals surface area contributed by atoms with Crippen molar-refractivity contribution < 1.29 is 4.79 Å². The second-order valence-corrected chi connectivity index (χ2v) is 7.54. The lowest BCUT2D eigenvalue weighted by molar-refractivity contribution is 0.221. The van der Waals surface area contributed by atoms with E-state index in [9.17, 15) is 4.79 Å². The van der Waals surface area contributed by atoms with Gasteiger partial charge in [-0.05, 0) is 38.4 Å². The lowest BCUT2D eigenvalue weighted by Crippen LogP contribution is -2.42. The number of carbonyl (C=O) groups excluding carboxylic acids is 1. The Morgan fingerprint density at radius 3 is 2.97 bits per heavy atom. The van der Waals surface area contributed by atoms with E-state index in [1.54, 1.807) is 25.7 Å². The van der Waals surface area contributed by atoms with Crippen molar-refractivity contribution in [1.29, 1.82) is 0 Å². The lowest BCUT2D eigenvalue weighted by atomic mass is 9.96. The standard InChI is InChI=1S/C22H29N7O/c1-15(23)18(11-25-2)14-29-10-4-6-17(13-29)21(24)28-22(30)27-20-7-3-5-16-12-26-9-8-19(16)20/h3,5,7-9,11-12,17H,4,6,10,13-14,23H2,1-2H3,(H3,24,27,28,30)/b18-15+,25-11?. The number of pyridine rings is 1. The van der Waals surface area contributed by atoms with E-state index < -0.39 is 6.03 Å². The van der Waals surface area contributed by atoms with E-state index in [1.165, 1.54) is 0 Å². The number of amides is 2. The molecule has 1 aliphatic heterocycles. The van der Waals surface area contributed by atoms with Crippen LogP contribution >= 0.6 is 0 Å². The summed E-state index contributed by atoms with van der Waals surface area (Å²) in [7, 11) is 1.73. The van der Waals surface area contributed by atoms with Crippen LogP contribution < -0.4 is 16.8 Å². The van der Waals surface area contributed by atoms with Gasteiger partial charge in [-0.3, -0.25) is 14.9 Å². The van der Waals surface area contributed by atoms with Crippen molar-refractivity contribution in [1.82, 2.24) is 9.88 Å². The molecule has 1 aromatic carbocycles. The van der Waals surface area contributed by atoms with Crippen molar-refractivity contribution >= 4 is 34.5 Å². The summed E-state index contributed by atoms with van der Waals surface area (Å²) in [6, 6.07) is 7.05. The van der Waals surface area contributed by atoms with Crippen LogP contribution in [0.4, 0.5) is 10.5 Å². The van der Waals surface area contributed by atoms with Gasteiger partial charge in [-0.1, -0.05) is 12.1 Å². The molecule has 1 saturated heterocycles. The summed E-state index contributed by atoms with van der Waals surface area (Å²) in [4.78, 5) is 27.1. The van der Waals surface area contributed by atoms with E-state index in [0.29, 0.717) is 18.1 Å². The van der Waals surface area contributed by atoms with Crippen molar-refractivity contribution in [2.24, 2.45) is 27.4 Å². The Morgan fingerprint density at radius 2 is 2.20 bits per heavy atom. The molecule has 1 fully saturated rings. The molecule has 2 amide bonds. The number of fused-ring (bicyclic) bond motifs is 1. The highest BCUT2D eigenvalue weighted by molar-refractivity contribution is 6.05. The SMILES string of the molecule is CN=C/C(CN1CCCC(/C(N)=N/C(=O)Nc2cccc3cnccc23)C1)=C(/C)N. The van der Waals surface area contributed by atoms with Crippen LogP contribution in [0.1, 0.15) is 19.8 Å². The minimum Gasteiger partial charge on any atom is -0.402 e. The highest BCUT2D eigenvalue weighted by Crippen LogP contribution is 2.23. The van der Waals surface area contributed by atoms with Crippen LogP contribution in [-0.4, -0.2) is 54.6 Å². The number of carbonyl (C=O) groups is 1. The molecule has 0 saturated carbocycles. The van der Waals surface area contributed by atoms with Gasteiger partial charge < -0.3 is 16.8 Å². The zero-order chi connectivity index (χ0) is 21.5. The summed E-state index contributed by atoms with van der Waals surface area (Å²) in [6.45, 7) is 4.27. The molecular weight excluding hydrogens is 378 g/mol. The summed E-state index contributed by atoms with van der Waals surface area (Å²) >= 11 is 0. The van der Waals surface area contributed by atoms with Gasteiger partial charge in [0.25, 0.3) is 0 Å². The summed E-state index contributed by atoms with van der Waals surface area (Å²) in [5, 5.41) is 4.70. The molecule has 1 aromatic heterocycles. The molecule has 1 aliphatic rings. The van der Waals surface area contributed by atoms with Gasteiger partial charge in [-0.2, -0.15) is 4.99 Å². The van der Waals surface area contributed by atoms with Crippen LogP contribution in [0.2, 0.25) is 0 Å². The van der Waals surface area contributed by atoms with Crippen molar-refractivity contribution in [3.63, 3.8) is 0 Å². The Kier molecular flexibility index (Phi) is 7.13.